The van der Waals surface area contributed by atoms with E-state index in [0.29, 0.717) is 19.3 Å². The van der Waals surface area contributed by atoms with Crippen molar-refractivity contribution in [2.75, 3.05) is 41.0 Å². The molecule has 0 radical (unpaired) electrons. The Kier molecular flexibility index (Phi) is 39.5. The van der Waals surface area contributed by atoms with E-state index in [1.54, 1.807) is 0 Å². The summed E-state index contributed by atoms with van der Waals surface area (Å²) in [6.07, 6.45) is 47.7. The number of carboxylic acid groups (broad SMARTS) is 1. The zero-order chi connectivity index (χ0) is 42.8. The third-order valence-corrected chi connectivity index (χ3v) is 10.8. The second-order valence-electron chi connectivity index (χ2n) is 17.4. The molecule has 2 atom stereocenters. The molecule has 0 aromatic carbocycles. The Hall–Kier alpha value is -2.45. The topological polar surface area (TPSA) is 99.1 Å². The van der Waals surface area contributed by atoms with Gasteiger partial charge < -0.3 is 23.8 Å². The van der Waals surface area contributed by atoms with Crippen LogP contribution in [0.3, 0.4) is 0 Å². The highest BCUT2D eigenvalue weighted by Crippen LogP contribution is 2.15. The van der Waals surface area contributed by atoms with E-state index in [-0.39, 0.29) is 42.7 Å². The first-order chi connectivity index (χ1) is 28.1. The van der Waals surface area contributed by atoms with Crippen LogP contribution in [0.1, 0.15) is 213 Å². The van der Waals surface area contributed by atoms with Gasteiger partial charge in [-0.2, -0.15) is 0 Å². The second kappa shape index (κ2) is 41.3. The number of hydrogen-bond donors (Lipinski definition) is 1. The summed E-state index contributed by atoms with van der Waals surface area (Å²) in [7, 11) is 5.52. The lowest BCUT2D eigenvalue weighted by Gasteiger charge is -2.31. The number of ether oxygens (including phenoxy) is 3. The van der Waals surface area contributed by atoms with Gasteiger partial charge in [0.2, 0.25) is 0 Å². The van der Waals surface area contributed by atoms with Crippen LogP contribution in [0.15, 0.2) is 36.5 Å². The number of carbonyl (C=O) groups is 3. The normalized spacial score (nSPS) is 13.2. The van der Waals surface area contributed by atoms with Crippen LogP contribution >= 0.6 is 0 Å². The Morgan fingerprint density at radius 1 is 0.517 bits per heavy atom. The quantitative estimate of drug-likeness (QED) is 0.0283. The third-order valence-electron chi connectivity index (χ3n) is 10.8. The van der Waals surface area contributed by atoms with Gasteiger partial charge >= 0.3 is 17.9 Å². The molecule has 0 saturated carbocycles. The predicted octanol–water partition coefficient (Wildman–Crippen LogP) is 13.4. The standard InChI is InChI=1S/C50H91NO7/c1-6-8-10-12-14-16-18-20-22-24-26-28-30-32-34-36-38-40-48(52)57-45-46(44-56-43-42-47(50(54)55)51(3,4)5)58-49(53)41-39-37-35-33-31-29-27-25-23-21-19-17-15-13-11-9-7-2/h21,23,27,29,33,35,46-47H,6-20,22,24-26,28,30-32,34,36-45H2,1-5H3/p+1/b23-21+,29-27+,35-33+. The maximum Gasteiger partial charge on any atom is 0.362 e. The molecule has 0 aliphatic carbocycles. The molecule has 8 nitrogen and oxygen atoms in total. The number of hydrogen-bond acceptors (Lipinski definition) is 6. The average molecular weight is 819 g/mol. The van der Waals surface area contributed by atoms with Crippen molar-refractivity contribution in [3.8, 4) is 0 Å². The zero-order valence-electron chi connectivity index (χ0n) is 38.5. The summed E-state index contributed by atoms with van der Waals surface area (Å²) in [6, 6.07) is -0.622. The number of carbonyl (C=O) groups excluding carboxylic acids is 2. The van der Waals surface area contributed by atoms with Gasteiger partial charge in [0.05, 0.1) is 34.4 Å². The summed E-state index contributed by atoms with van der Waals surface area (Å²) in [5.74, 6) is -1.52. The highest BCUT2D eigenvalue weighted by Gasteiger charge is 2.31. The molecule has 58 heavy (non-hydrogen) atoms. The van der Waals surface area contributed by atoms with Crippen molar-refractivity contribution in [1.29, 1.82) is 0 Å². The predicted molar refractivity (Wildman–Crippen MR) is 243 cm³/mol. The van der Waals surface area contributed by atoms with Crippen molar-refractivity contribution in [2.24, 2.45) is 0 Å². The van der Waals surface area contributed by atoms with Gasteiger partial charge in [0.15, 0.2) is 12.1 Å². The average Bonchev–Trinajstić information content (AvgIpc) is 3.18. The molecule has 0 bridgehead atoms. The molecular formula is C50H92NO7+. The molecule has 8 heteroatoms. The van der Waals surface area contributed by atoms with E-state index in [1.807, 2.05) is 21.1 Å². The van der Waals surface area contributed by atoms with Crippen molar-refractivity contribution in [2.45, 2.75) is 225 Å². The summed E-state index contributed by atoms with van der Waals surface area (Å²) in [5, 5.41) is 9.63. The number of carboxylic acids is 1. The van der Waals surface area contributed by atoms with Crippen molar-refractivity contribution >= 4 is 17.9 Å². The number of likely N-dealkylation sites (N-methyl/N-ethyl adjacent to an activating group) is 1. The summed E-state index contributed by atoms with van der Waals surface area (Å²) in [4.78, 5) is 37.0. The van der Waals surface area contributed by atoms with Crippen molar-refractivity contribution in [3.05, 3.63) is 36.5 Å². The van der Waals surface area contributed by atoms with Crippen molar-refractivity contribution < 1.29 is 38.2 Å². The number of nitrogens with zero attached hydrogens (tertiary/aromatic N) is 1. The van der Waals surface area contributed by atoms with Crippen LogP contribution in [-0.4, -0.2) is 80.6 Å². The molecule has 0 saturated heterocycles. The Balaban J connectivity index is 4.36. The van der Waals surface area contributed by atoms with E-state index < -0.39 is 18.1 Å². The van der Waals surface area contributed by atoms with Gasteiger partial charge in [-0.05, 0) is 44.9 Å². The molecule has 0 aliphatic rings. The maximum absolute atomic E-state index is 12.7. The Labute approximate surface area is 357 Å². The van der Waals surface area contributed by atoms with Crippen LogP contribution in [0.5, 0.6) is 0 Å². The largest absolute Gasteiger partial charge is 0.477 e. The van der Waals surface area contributed by atoms with Crippen molar-refractivity contribution in [3.63, 3.8) is 0 Å². The van der Waals surface area contributed by atoms with Gasteiger partial charge in [0.25, 0.3) is 0 Å². The zero-order valence-corrected chi connectivity index (χ0v) is 38.5. The first-order valence-corrected chi connectivity index (χ1v) is 24.0. The second-order valence-corrected chi connectivity index (χ2v) is 17.4. The molecule has 0 rings (SSSR count). The minimum absolute atomic E-state index is 0.0438. The first kappa shape index (κ1) is 55.5. The summed E-state index contributed by atoms with van der Waals surface area (Å²) in [5.41, 5.74) is 0. The lowest BCUT2D eigenvalue weighted by molar-refractivity contribution is -0.887. The molecular weight excluding hydrogens is 727 g/mol. The van der Waals surface area contributed by atoms with Gasteiger partial charge in [-0.15, -0.1) is 0 Å². The molecule has 2 unspecified atom stereocenters. The lowest BCUT2D eigenvalue weighted by Crippen LogP contribution is -2.50. The maximum atomic E-state index is 12.7. The summed E-state index contributed by atoms with van der Waals surface area (Å²) >= 11 is 0. The van der Waals surface area contributed by atoms with Crippen LogP contribution in [0.4, 0.5) is 0 Å². The lowest BCUT2D eigenvalue weighted by atomic mass is 10.0. The van der Waals surface area contributed by atoms with Crippen LogP contribution < -0.4 is 0 Å². The molecule has 0 aromatic heterocycles. The highest BCUT2D eigenvalue weighted by atomic mass is 16.6. The van der Waals surface area contributed by atoms with Gasteiger partial charge in [-0.1, -0.05) is 185 Å². The number of unbranched alkanes of at least 4 members (excludes halogenated alkanes) is 23. The fourth-order valence-electron chi connectivity index (χ4n) is 7.05. The van der Waals surface area contributed by atoms with Gasteiger partial charge in [0.1, 0.15) is 6.61 Å². The fourth-order valence-corrected chi connectivity index (χ4v) is 7.05. The highest BCUT2D eigenvalue weighted by molar-refractivity contribution is 5.72. The monoisotopic (exact) mass is 819 g/mol. The Morgan fingerprint density at radius 2 is 0.931 bits per heavy atom. The number of esters is 2. The minimum Gasteiger partial charge on any atom is -0.477 e. The molecule has 0 aromatic rings. The fraction of sp³-hybridized carbons (Fsp3) is 0.820. The number of allylic oxidation sites excluding steroid dienone is 6. The number of aliphatic carboxylic acids is 1. The van der Waals surface area contributed by atoms with E-state index >= 15 is 0 Å². The SMILES string of the molecule is CCCCCCCC/C=C/C/C=C/C/C=C/CCCC(=O)OC(COCCC(C(=O)O)[N+](C)(C)C)COC(=O)CCCCCCCCCCCCCCCCCCC. The van der Waals surface area contributed by atoms with Crippen LogP contribution in [0.2, 0.25) is 0 Å². The Morgan fingerprint density at radius 3 is 1.40 bits per heavy atom. The van der Waals surface area contributed by atoms with Gasteiger partial charge in [-0.3, -0.25) is 9.59 Å². The van der Waals surface area contributed by atoms with E-state index in [4.69, 9.17) is 14.2 Å². The molecule has 0 spiro atoms. The molecule has 0 amide bonds. The van der Waals surface area contributed by atoms with E-state index in [1.165, 1.54) is 135 Å². The molecule has 1 N–H and O–H groups in total. The molecule has 0 heterocycles. The number of rotatable bonds is 43. The first-order valence-electron chi connectivity index (χ1n) is 24.0. The van der Waals surface area contributed by atoms with E-state index in [0.717, 1.165) is 38.5 Å². The molecule has 0 fully saturated rings. The van der Waals surface area contributed by atoms with Gasteiger partial charge in [-0.25, -0.2) is 4.79 Å². The number of quaternary nitrogens is 1. The van der Waals surface area contributed by atoms with Crippen LogP contribution in [0, 0.1) is 0 Å². The summed E-state index contributed by atoms with van der Waals surface area (Å²) < 4.78 is 17.3. The van der Waals surface area contributed by atoms with Gasteiger partial charge in [0, 0.05) is 19.3 Å². The van der Waals surface area contributed by atoms with Crippen LogP contribution in [-0.2, 0) is 28.6 Å². The van der Waals surface area contributed by atoms with E-state index in [9.17, 15) is 19.5 Å². The Bertz CT molecular complexity index is 1050. The third kappa shape index (κ3) is 39.0. The minimum atomic E-state index is -0.881. The molecule has 338 valence electrons. The van der Waals surface area contributed by atoms with Crippen molar-refractivity contribution in [1.82, 2.24) is 0 Å². The summed E-state index contributed by atoms with van der Waals surface area (Å²) in [6.45, 7) is 4.70. The van der Waals surface area contributed by atoms with E-state index in [2.05, 4.69) is 50.3 Å². The van der Waals surface area contributed by atoms with Crippen LogP contribution in [0.25, 0.3) is 0 Å². The molecule has 0 aliphatic heterocycles. The smallest absolute Gasteiger partial charge is 0.362 e.